The minimum absolute atomic E-state index is 0.120. The Morgan fingerprint density at radius 3 is 2.00 bits per heavy atom. The molecule has 1 heterocycles. The zero-order valence-corrected chi connectivity index (χ0v) is 14.8. The standard InChI is InChI=1S/C18H17NO3.C2H6/c1-11-15-9-8-14(22-3)10-16(15)18(20)19-17(11)12-4-6-13(21-2)7-5-12;1-2/h4-10H,1-3H3,(H,19,20);1-2H3. The highest BCUT2D eigenvalue weighted by atomic mass is 16.5. The van der Waals surface area contributed by atoms with Gasteiger partial charge in [0, 0.05) is 0 Å². The van der Waals surface area contributed by atoms with Crippen molar-refractivity contribution in [2.75, 3.05) is 14.2 Å². The zero-order chi connectivity index (χ0) is 17.7. The number of hydrogen-bond acceptors (Lipinski definition) is 3. The van der Waals surface area contributed by atoms with Crippen LogP contribution in [0.1, 0.15) is 19.4 Å². The third-order valence-corrected chi connectivity index (χ3v) is 3.87. The molecule has 0 amide bonds. The summed E-state index contributed by atoms with van der Waals surface area (Å²) < 4.78 is 10.4. The van der Waals surface area contributed by atoms with Crippen molar-refractivity contribution in [3.63, 3.8) is 0 Å². The topological polar surface area (TPSA) is 51.3 Å². The number of aromatic nitrogens is 1. The Kier molecular flexibility index (Phi) is 5.64. The van der Waals surface area contributed by atoms with E-state index in [0.717, 1.165) is 28.0 Å². The Hall–Kier alpha value is -2.75. The maximum atomic E-state index is 12.4. The van der Waals surface area contributed by atoms with Crippen molar-refractivity contribution in [1.82, 2.24) is 4.98 Å². The van der Waals surface area contributed by atoms with Crippen LogP contribution in [0.25, 0.3) is 22.0 Å². The number of H-pyrrole nitrogens is 1. The SMILES string of the molecule is CC.COc1ccc(-c2[nH]c(=O)c3cc(OC)ccc3c2C)cc1. The Labute approximate surface area is 142 Å². The second-order valence-electron chi connectivity index (χ2n) is 5.09. The molecule has 0 atom stereocenters. The van der Waals surface area contributed by atoms with Crippen LogP contribution in [0, 0.1) is 6.92 Å². The molecule has 0 spiro atoms. The predicted molar refractivity (Wildman–Crippen MR) is 99.2 cm³/mol. The van der Waals surface area contributed by atoms with Crippen LogP contribution in [0.4, 0.5) is 0 Å². The number of methoxy groups -OCH3 is 2. The summed E-state index contributed by atoms with van der Waals surface area (Å²) in [6, 6.07) is 13.2. The molecule has 0 aliphatic heterocycles. The number of rotatable bonds is 3. The molecule has 0 aliphatic rings. The molecule has 0 radical (unpaired) electrons. The fourth-order valence-corrected chi connectivity index (χ4v) is 2.62. The Morgan fingerprint density at radius 1 is 0.833 bits per heavy atom. The van der Waals surface area contributed by atoms with Gasteiger partial charge in [-0.15, -0.1) is 0 Å². The second kappa shape index (κ2) is 7.68. The van der Waals surface area contributed by atoms with Crippen LogP contribution in [0.5, 0.6) is 11.5 Å². The minimum atomic E-state index is -0.120. The lowest BCUT2D eigenvalue weighted by Gasteiger charge is -2.11. The van der Waals surface area contributed by atoms with E-state index in [4.69, 9.17) is 9.47 Å². The van der Waals surface area contributed by atoms with Gasteiger partial charge in [-0.05, 0) is 59.8 Å². The maximum absolute atomic E-state index is 12.4. The monoisotopic (exact) mass is 325 g/mol. The fraction of sp³-hybridized carbons (Fsp3) is 0.250. The van der Waals surface area contributed by atoms with E-state index in [0.29, 0.717) is 11.1 Å². The molecule has 3 aromatic rings. The first-order valence-electron chi connectivity index (χ1n) is 7.99. The fourth-order valence-electron chi connectivity index (χ4n) is 2.62. The summed E-state index contributed by atoms with van der Waals surface area (Å²) in [7, 11) is 3.22. The van der Waals surface area contributed by atoms with Crippen molar-refractivity contribution >= 4 is 10.8 Å². The van der Waals surface area contributed by atoms with Crippen molar-refractivity contribution in [2.24, 2.45) is 0 Å². The van der Waals surface area contributed by atoms with Crippen LogP contribution in [0.15, 0.2) is 47.3 Å². The first-order valence-corrected chi connectivity index (χ1v) is 7.99. The summed E-state index contributed by atoms with van der Waals surface area (Å²) in [5, 5.41) is 1.56. The largest absolute Gasteiger partial charge is 0.497 e. The molecule has 0 saturated heterocycles. The molecule has 0 bridgehead atoms. The third kappa shape index (κ3) is 3.27. The van der Waals surface area contributed by atoms with Crippen molar-refractivity contribution in [3.8, 4) is 22.8 Å². The minimum Gasteiger partial charge on any atom is -0.497 e. The summed E-state index contributed by atoms with van der Waals surface area (Å²) in [4.78, 5) is 15.4. The van der Waals surface area contributed by atoms with E-state index < -0.39 is 0 Å². The van der Waals surface area contributed by atoms with E-state index in [9.17, 15) is 4.79 Å². The van der Waals surface area contributed by atoms with Crippen molar-refractivity contribution in [2.45, 2.75) is 20.8 Å². The smallest absolute Gasteiger partial charge is 0.256 e. The zero-order valence-electron chi connectivity index (χ0n) is 14.8. The first kappa shape index (κ1) is 17.6. The van der Waals surface area contributed by atoms with Gasteiger partial charge in [-0.3, -0.25) is 4.79 Å². The molecule has 0 fully saturated rings. The van der Waals surface area contributed by atoms with Gasteiger partial charge < -0.3 is 14.5 Å². The van der Waals surface area contributed by atoms with E-state index in [1.165, 1.54) is 0 Å². The van der Waals surface area contributed by atoms with Gasteiger partial charge in [-0.25, -0.2) is 0 Å². The summed E-state index contributed by atoms with van der Waals surface area (Å²) in [6.45, 7) is 6.00. The Bertz CT molecular complexity index is 880. The Morgan fingerprint density at radius 2 is 1.42 bits per heavy atom. The summed E-state index contributed by atoms with van der Waals surface area (Å²) in [6.07, 6.45) is 0. The molecule has 2 aromatic carbocycles. The van der Waals surface area contributed by atoms with Gasteiger partial charge in [-0.1, -0.05) is 19.9 Å². The van der Waals surface area contributed by atoms with Gasteiger partial charge in [0.05, 0.1) is 25.3 Å². The first-order chi connectivity index (χ1) is 11.6. The third-order valence-electron chi connectivity index (χ3n) is 3.87. The highest BCUT2D eigenvalue weighted by Gasteiger charge is 2.10. The van der Waals surface area contributed by atoms with Crippen LogP contribution >= 0.6 is 0 Å². The van der Waals surface area contributed by atoms with E-state index >= 15 is 0 Å². The summed E-state index contributed by atoms with van der Waals surface area (Å²) in [5.41, 5.74) is 2.69. The van der Waals surface area contributed by atoms with Gasteiger partial charge >= 0.3 is 0 Å². The molecule has 126 valence electrons. The lowest BCUT2D eigenvalue weighted by molar-refractivity contribution is 0.415. The quantitative estimate of drug-likeness (QED) is 0.769. The number of fused-ring (bicyclic) bond motifs is 1. The lowest BCUT2D eigenvalue weighted by atomic mass is 10.0. The van der Waals surface area contributed by atoms with Gasteiger partial charge in [-0.2, -0.15) is 0 Å². The number of aromatic amines is 1. The molecule has 24 heavy (non-hydrogen) atoms. The van der Waals surface area contributed by atoms with Gasteiger partial charge in [0.25, 0.3) is 5.56 Å². The van der Waals surface area contributed by atoms with Crippen LogP contribution < -0.4 is 15.0 Å². The predicted octanol–water partition coefficient (Wildman–Crippen LogP) is 4.55. The molecule has 1 aromatic heterocycles. The maximum Gasteiger partial charge on any atom is 0.256 e. The molecular formula is C20H23NO3. The normalized spacial score (nSPS) is 10.0. The lowest BCUT2D eigenvalue weighted by Crippen LogP contribution is -2.09. The van der Waals surface area contributed by atoms with E-state index in [2.05, 4.69) is 4.98 Å². The molecule has 3 rings (SSSR count). The molecule has 0 aliphatic carbocycles. The number of benzene rings is 2. The number of nitrogens with one attached hydrogen (secondary N) is 1. The second-order valence-corrected chi connectivity index (χ2v) is 5.09. The van der Waals surface area contributed by atoms with Gasteiger partial charge in [0.15, 0.2) is 0 Å². The molecule has 0 saturated carbocycles. The molecule has 4 heteroatoms. The summed E-state index contributed by atoms with van der Waals surface area (Å²) in [5.74, 6) is 1.46. The van der Waals surface area contributed by atoms with Crippen LogP contribution in [-0.2, 0) is 0 Å². The number of hydrogen-bond donors (Lipinski definition) is 1. The summed E-state index contributed by atoms with van der Waals surface area (Å²) >= 11 is 0. The van der Waals surface area contributed by atoms with E-state index in [1.54, 1.807) is 20.3 Å². The average molecular weight is 325 g/mol. The van der Waals surface area contributed by atoms with Crippen molar-refractivity contribution < 1.29 is 9.47 Å². The van der Waals surface area contributed by atoms with Crippen LogP contribution in [-0.4, -0.2) is 19.2 Å². The van der Waals surface area contributed by atoms with E-state index in [1.807, 2.05) is 57.2 Å². The highest BCUT2D eigenvalue weighted by Crippen LogP contribution is 2.28. The number of pyridine rings is 1. The van der Waals surface area contributed by atoms with Crippen LogP contribution in [0.2, 0.25) is 0 Å². The molecule has 4 nitrogen and oxygen atoms in total. The van der Waals surface area contributed by atoms with Gasteiger partial charge in [0.1, 0.15) is 11.5 Å². The number of ether oxygens (including phenoxy) is 2. The molecule has 1 N–H and O–H groups in total. The van der Waals surface area contributed by atoms with Crippen molar-refractivity contribution in [1.29, 1.82) is 0 Å². The van der Waals surface area contributed by atoms with E-state index in [-0.39, 0.29) is 5.56 Å². The average Bonchev–Trinajstić information content (AvgIpc) is 2.66. The van der Waals surface area contributed by atoms with Gasteiger partial charge in [0.2, 0.25) is 0 Å². The highest BCUT2D eigenvalue weighted by molar-refractivity contribution is 5.90. The molecular weight excluding hydrogens is 302 g/mol. The van der Waals surface area contributed by atoms with Crippen LogP contribution in [0.3, 0.4) is 0 Å². The van der Waals surface area contributed by atoms with Crippen molar-refractivity contribution in [3.05, 3.63) is 58.4 Å². The molecule has 0 unspecified atom stereocenters. The Balaban J connectivity index is 0.00000100. The number of aryl methyl sites for hydroxylation is 1.